The van der Waals surface area contributed by atoms with Gasteiger partial charge in [0, 0.05) is 17.1 Å². The smallest absolute Gasteiger partial charge is 0.326 e. The van der Waals surface area contributed by atoms with Gasteiger partial charge in [-0.2, -0.15) is 4.99 Å². The molecule has 0 aliphatic rings. The van der Waals surface area contributed by atoms with E-state index >= 15 is 0 Å². The maximum atomic E-state index is 12.4. The molecule has 28 heavy (non-hydrogen) atoms. The Kier molecular flexibility index (Phi) is 7.30. The second-order valence-electron chi connectivity index (χ2n) is 5.78. The van der Waals surface area contributed by atoms with E-state index in [9.17, 15) is 9.59 Å². The van der Waals surface area contributed by atoms with Gasteiger partial charge in [0.25, 0.3) is 0 Å². The van der Waals surface area contributed by atoms with Crippen LogP contribution in [-0.2, 0) is 20.9 Å². The molecule has 0 unspecified atom stereocenters. The van der Waals surface area contributed by atoms with Crippen molar-refractivity contribution in [2.45, 2.75) is 24.8 Å². The quantitative estimate of drug-likeness (QED) is 0.405. The minimum absolute atomic E-state index is 0.0392. The third-order valence-electron chi connectivity index (χ3n) is 3.79. The van der Waals surface area contributed by atoms with E-state index in [1.807, 2.05) is 42.5 Å². The summed E-state index contributed by atoms with van der Waals surface area (Å²) in [5.41, 5.74) is 0.687. The summed E-state index contributed by atoms with van der Waals surface area (Å²) in [4.78, 5) is 30.2. The molecule has 1 amide bonds. The SMILES string of the molecule is CCOC(=O)Cn1c(=NC(=O)CCSc2ccccc2)sc2cccc(Cl)c21. The van der Waals surface area contributed by atoms with Crippen LogP contribution in [0.2, 0.25) is 5.02 Å². The fraction of sp³-hybridized carbons (Fsp3) is 0.250. The highest BCUT2D eigenvalue weighted by Crippen LogP contribution is 2.25. The standard InChI is InChI=1S/C20H19ClN2O3S2/c1-2-26-18(25)13-23-19-15(21)9-6-10-16(19)28-20(23)22-17(24)11-12-27-14-7-4-3-5-8-14/h3-10H,2,11-13H2,1H3. The molecule has 146 valence electrons. The monoisotopic (exact) mass is 434 g/mol. The Labute approximate surface area is 176 Å². The van der Waals surface area contributed by atoms with Crippen LogP contribution >= 0.6 is 34.7 Å². The van der Waals surface area contributed by atoms with E-state index in [1.165, 1.54) is 11.3 Å². The Morgan fingerprint density at radius 2 is 1.96 bits per heavy atom. The summed E-state index contributed by atoms with van der Waals surface area (Å²) >= 11 is 9.27. The van der Waals surface area contributed by atoms with Crippen LogP contribution in [-0.4, -0.2) is 28.8 Å². The molecule has 0 aliphatic carbocycles. The molecule has 2 aromatic carbocycles. The predicted octanol–water partition coefficient (Wildman–Crippen LogP) is 4.53. The normalized spacial score (nSPS) is 11.7. The molecule has 8 heteroatoms. The minimum atomic E-state index is -0.393. The summed E-state index contributed by atoms with van der Waals surface area (Å²) in [6.45, 7) is 2.00. The van der Waals surface area contributed by atoms with Crippen molar-refractivity contribution in [1.82, 2.24) is 4.57 Å². The number of thiazole rings is 1. The van der Waals surface area contributed by atoms with Crippen molar-refractivity contribution in [3.63, 3.8) is 0 Å². The molecule has 0 bridgehead atoms. The van der Waals surface area contributed by atoms with E-state index in [0.717, 1.165) is 9.60 Å². The lowest BCUT2D eigenvalue weighted by molar-refractivity contribution is -0.143. The zero-order chi connectivity index (χ0) is 19.9. The van der Waals surface area contributed by atoms with E-state index in [2.05, 4.69) is 4.99 Å². The molecule has 3 rings (SSSR count). The number of carbonyl (C=O) groups excluding carboxylic acids is 2. The van der Waals surface area contributed by atoms with E-state index in [-0.39, 0.29) is 19.1 Å². The van der Waals surface area contributed by atoms with Gasteiger partial charge >= 0.3 is 5.97 Å². The number of esters is 1. The van der Waals surface area contributed by atoms with Gasteiger partial charge in [-0.1, -0.05) is 47.2 Å². The summed E-state index contributed by atoms with van der Waals surface area (Å²) in [5.74, 6) is 0.00921. The molecular weight excluding hydrogens is 416 g/mol. The van der Waals surface area contributed by atoms with Gasteiger partial charge in [0.1, 0.15) is 6.54 Å². The lowest BCUT2D eigenvalue weighted by atomic mass is 10.3. The molecule has 0 N–H and O–H groups in total. The van der Waals surface area contributed by atoms with Gasteiger partial charge in [0.2, 0.25) is 5.91 Å². The van der Waals surface area contributed by atoms with Crippen molar-refractivity contribution in [3.8, 4) is 0 Å². The number of carbonyl (C=O) groups is 2. The highest BCUT2D eigenvalue weighted by Gasteiger charge is 2.14. The number of amides is 1. The largest absolute Gasteiger partial charge is 0.465 e. The van der Waals surface area contributed by atoms with E-state index in [1.54, 1.807) is 29.3 Å². The van der Waals surface area contributed by atoms with Gasteiger partial charge < -0.3 is 9.30 Å². The topological polar surface area (TPSA) is 60.7 Å². The van der Waals surface area contributed by atoms with E-state index in [4.69, 9.17) is 16.3 Å². The minimum Gasteiger partial charge on any atom is -0.465 e. The summed E-state index contributed by atoms with van der Waals surface area (Å²) in [6.07, 6.45) is 0.306. The first-order valence-electron chi connectivity index (χ1n) is 8.77. The molecule has 0 aliphatic heterocycles. The number of aromatic nitrogens is 1. The molecule has 3 aromatic rings. The van der Waals surface area contributed by atoms with Crippen molar-refractivity contribution in [1.29, 1.82) is 0 Å². The number of fused-ring (bicyclic) bond motifs is 1. The van der Waals surface area contributed by atoms with Crippen LogP contribution in [0.25, 0.3) is 10.2 Å². The Bertz CT molecular complexity index is 1040. The van der Waals surface area contributed by atoms with Crippen molar-refractivity contribution >= 4 is 56.8 Å². The lowest BCUT2D eigenvalue weighted by Gasteiger charge is -2.06. The Balaban J connectivity index is 1.82. The van der Waals surface area contributed by atoms with Gasteiger partial charge in [-0.3, -0.25) is 9.59 Å². The number of halogens is 1. The molecule has 0 radical (unpaired) electrons. The predicted molar refractivity (Wildman–Crippen MR) is 114 cm³/mol. The van der Waals surface area contributed by atoms with Crippen LogP contribution in [0.3, 0.4) is 0 Å². The maximum Gasteiger partial charge on any atom is 0.326 e. The Morgan fingerprint density at radius 3 is 2.71 bits per heavy atom. The van der Waals surface area contributed by atoms with E-state index < -0.39 is 5.97 Å². The van der Waals surface area contributed by atoms with Crippen LogP contribution < -0.4 is 4.80 Å². The summed E-state index contributed by atoms with van der Waals surface area (Å²) in [5, 5.41) is 0.506. The number of para-hydroxylation sites is 1. The van der Waals surface area contributed by atoms with E-state index in [0.29, 0.717) is 27.5 Å². The summed E-state index contributed by atoms with van der Waals surface area (Å²) in [6, 6.07) is 15.4. The third-order valence-corrected chi connectivity index (χ3v) is 6.15. The molecular formula is C20H19ClN2O3S2. The zero-order valence-electron chi connectivity index (χ0n) is 15.3. The molecule has 1 aromatic heterocycles. The molecule has 5 nitrogen and oxygen atoms in total. The fourth-order valence-electron chi connectivity index (χ4n) is 2.59. The number of thioether (sulfide) groups is 1. The number of ether oxygens (including phenoxy) is 1. The summed E-state index contributed by atoms with van der Waals surface area (Å²) in [7, 11) is 0. The Hall–Kier alpha value is -2.09. The Morgan fingerprint density at radius 1 is 1.18 bits per heavy atom. The van der Waals surface area contributed by atoms with Crippen molar-refractivity contribution in [2.24, 2.45) is 4.99 Å². The fourth-order valence-corrected chi connectivity index (χ4v) is 4.86. The molecule has 0 fully saturated rings. The average molecular weight is 435 g/mol. The maximum absolute atomic E-state index is 12.4. The second-order valence-corrected chi connectivity index (χ2v) is 8.36. The number of nitrogens with zero attached hydrogens (tertiary/aromatic N) is 2. The number of rotatable bonds is 7. The van der Waals surface area contributed by atoms with Crippen molar-refractivity contribution in [3.05, 3.63) is 58.4 Å². The van der Waals surface area contributed by atoms with Gasteiger partial charge in [0.15, 0.2) is 4.80 Å². The van der Waals surface area contributed by atoms with Crippen LogP contribution in [0.5, 0.6) is 0 Å². The first-order valence-corrected chi connectivity index (χ1v) is 11.0. The first kappa shape index (κ1) is 20.6. The molecule has 0 saturated carbocycles. The highest BCUT2D eigenvalue weighted by molar-refractivity contribution is 7.99. The van der Waals surface area contributed by atoms with Crippen LogP contribution in [0.1, 0.15) is 13.3 Å². The lowest BCUT2D eigenvalue weighted by Crippen LogP contribution is -2.23. The zero-order valence-corrected chi connectivity index (χ0v) is 17.6. The number of hydrogen-bond donors (Lipinski definition) is 0. The molecule has 0 atom stereocenters. The van der Waals surface area contributed by atoms with Gasteiger partial charge in [-0.05, 0) is 31.2 Å². The summed E-state index contributed by atoms with van der Waals surface area (Å²) < 4.78 is 7.57. The second kappa shape index (κ2) is 9.91. The van der Waals surface area contributed by atoms with Gasteiger partial charge in [-0.25, -0.2) is 0 Å². The van der Waals surface area contributed by atoms with Crippen molar-refractivity contribution in [2.75, 3.05) is 12.4 Å². The molecule has 0 saturated heterocycles. The third kappa shape index (κ3) is 5.25. The van der Waals surface area contributed by atoms with Crippen molar-refractivity contribution < 1.29 is 14.3 Å². The van der Waals surface area contributed by atoms with Gasteiger partial charge in [0.05, 0.1) is 21.8 Å². The molecule has 1 heterocycles. The first-order chi connectivity index (χ1) is 13.6. The van der Waals surface area contributed by atoms with Crippen LogP contribution in [0.15, 0.2) is 58.4 Å². The van der Waals surface area contributed by atoms with Gasteiger partial charge in [-0.15, -0.1) is 11.8 Å². The number of hydrogen-bond acceptors (Lipinski definition) is 5. The molecule has 0 spiro atoms. The average Bonchev–Trinajstić information content (AvgIpc) is 3.01. The van der Waals surface area contributed by atoms with Crippen LogP contribution in [0.4, 0.5) is 0 Å². The van der Waals surface area contributed by atoms with Crippen LogP contribution in [0, 0.1) is 0 Å². The number of benzene rings is 2. The highest BCUT2D eigenvalue weighted by atomic mass is 35.5.